The molecule has 6 heteroatoms. The van der Waals surface area contributed by atoms with E-state index in [-0.39, 0.29) is 18.2 Å². The Morgan fingerprint density at radius 3 is 2.41 bits per heavy atom. The highest BCUT2D eigenvalue weighted by Gasteiger charge is 2.42. The Morgan fingerprint density at radius 1 is 1.35 bits per heavy atom. The summed E-state index contributed by atoms with van der Waals surface area (Å²) < 4.78 is 1.64. The van der Waals surface area contributed by atoms with Gasteiger partial charge in [-0.25, -0.2) is 10.0 Å². The van der Waals surface area contributed by atoms with Gasteiger partial charge in [0.1, 0.15) is 6.04 Å². The van der Waals surface area contributed by atoms with E-state index in [2.05, 4.69) is 5.10 Å². The minimum Gasteiger partial charge on any atom is -0.273 e. The molecule has 0 radical (unpaired) electrons. The van der Waals surface area contributed by atoms with Gasteiger partial charge in [0.05, 0.1) is 12.1 Å². The van der Waals surface area contributed by atoms with Gasteiger partial charge in [0.25, 0.3) is 5.91 Å². The smallest absolute Gasteiger partial charge is 0.269 e. The van der Waals surface area contributed by atoms with Crippen LogP contribution in [0.4, 0.5) is 0 Å². The molecule has 1 aliphatic rings. The maximum atomic E-state index is 12.1. The molecule has 1 fully saturated rings. The first-order valence-electron chi connectivity index (χ1n) is 5.48. The van der Waals surface area contributed by atoms with Crippen molar-refractivity contribution in [3.63, 3.8) is 0 Å². The Balaban J connectivity index is 2.34. The van der Waals surface area contributed by atoms with Crippen LogP contribution in [-0.2, 0) is 9.59 Å². The molecule has 1 aromatic heterocycles. The van der Waals surface area contributed by atoms with E-state index in [9.17, 15) is 9.59 Å². The summed E-state index contributed by atoms with van der Waals surface area (Å²) in [7, 11) is 3.36. The zero-order chi connectivity index (χ0) is 12.7. The van der Waals surface area contributed by atoms with E-state index in [0.717, 1.165) is 11.4 Å². The molecule has 2 heterocycles. The van der Waals surface area contributed by atoms with Crippen molar-refractivity contribution in [3.05, 3.63) is 17.5 Å². The van der Waals surface area contributed by atoms with Crippen molar-refractivity contribution in [1.29, 1.82) is 0 Å². The SMILES string of the molecule is Cc1cc(C)n(C2CC(=O)N(N(C)C)C2=O)n1. The highest BCUT2D eigenvalue weighted by molar-refractivity contribution is 6.03. The average Bonchev–Trinajstić information content (AvgIpc) is 2.67. The molecule has 0 bridgehead atoms. The van der Waals surface area contributed by atoms with Crippen LogP contribution in [0.25, 0.3) is 0 Å². The second kappa shape index (κ2) is 3.96. The van der Waals surface area contributed by atoms with Crippen LogP contribution in [0.15, 0.2) is 6.07 Å². The number of amides is 2. The molecule has 0 N–H and O–H groups in total. The van der Waals surface area contributed by atoms with Crippen molar-refractivity contribution in [2.24, 2.45) is 0 Å². The summed E-state index contributed by atoms with van der Waals surface area (Å²) in [6.07, 6.45) is 0.180. The van der Waals surface area contributed by atoms with Gasteiger partial charge >= 0.3 is 0 Å². The van der Waals surface area contributed by atoms with Crippen LogP contribution in [0.3, 0.4) is 0 Å². The Kier molecular flexibility index (Phi) is 2.74. The van der Waals surface area contributed by atoms with Gasteiger partial charge in [0.2, 0.25) is 5.91 Å². The summed E-state index contributed by atoms with van der Waals surface area (Å²) in [5, 5.41) is 6.95. The third kappa shape index (κ3) is 1.84. The molecule has 1 atom stereocenters. The van der Waals surface area contributed by atoms with Crippen LogP contribution < -0.4 is 0 Å². The van der Waals surface area contributed by atoms with Crippen molar-refractivity contribution in [2.45, 2.75) is 26.3 Å². The Labute approximate surface area is 99.8 Å². The van der Waals surface area contributed by atoms with Crippen LogP contribution in [0.1, 0.15) is 23.9 Å². The first-order valence-corrected chi connectivity index (χ1v) is 5.48. The minimum atomic E-state index is -0.501. The van der Waals surface area contributed by atoms with Crippen LogP contribution in [-0.4, -0.2) is 45.7 Å². The Morgan fingerprint density at radius 2 is 2.00 bits per heavy atom. The third-order valence-electron chi connectivity index (χ3n) is 2.84. The monoisotopic (exact) mass is 236 g/mol. The maximum absolute atomic E-state index is 12.1. The third-order valence-corrected chi connectivity index (χ3v) is 2.84. The summed E-state index contributed by atoms with van der Waals surface area (Å²) in [6.45, 7) is 3.75. The van der Waals surface area contributed by atoms with Crippen molar-refractivity contribution in [3.8, 4) is 0 Å². The summed E-state index contributed by atoms with van der Waals surface area (Å²) >= 11 is 0. The molecule has 1 saturated heterocycles. The number of aryl methyl sites for hydroxylation is 2. The first-order chi connectivity index (χ1) is 7.91. The lowest BCUT2D eigenvalue weighted by atomic mass is 10.2. The van der Waals surface area contributed by atoms with Gasteiger partial charge in [-0.2, -0.15) is 5.10 Å². The summed E-state index contributed by atoms with van der Waals surface area (Å²) in [5.41, 5.74) is 1.75. The van der Waals surface area contributed by atoms with Gasteiger partial charge in [-0.05, 0) is 19.9 Å². The molecular formula is C11H16N4O2. The lowest BCUT2D eigenvalue weighted by Crippen LogP contribution is -2.42. The number of imide groups is 1. The topological polar surface area (TPSA) is 58.4 Å². The molecule has 1 unspecified atom stereocenters. The van der Waals surface area contributed by atoms with E-state index in [0.29, 0.717) is 0 Å². The molecule has 1 aromatic rings. The highest BCUT2D eigenvalue weighted by atomic mass is 16.2. The minimum absolute atomic E-state index is 0.180. The van der Waals surface area contributed by atoms with E-state index < -0.39 is 6.04 Å². The molecule has 0 aromatic carbocycles. The summed E-state index contributed by atoms with van der Waals surface area (Å²) in [5.74, 6) is -0.399. The molecule has 0 spiro atoms. The van der Waals surface area contributed by atoms with E-state index in [1.54, 1.807) is 18.8 Å². The normalized spacial score (nSPS) is 20.8. The number of nitrogens with zero attached hydrogens (tertiary/aromatic N) is 4. The van der Waals surface area contributed by atoms with Crippen molar-refractivity contribution in [2.75, 3.05) is 14.1 Å². The molecule has 0 aliphatic carbocycles. The number of carbonyl (C=O) groups excluding carboxylic acids is 2. The molecular weight excluding hydrogens is 220 g/mol. The van der Waals surface area contributed by atoms with Crippen molar-refractivity contribution in [1.82, 2.24) is 19.8 Å². The highest BCUT2D eigenvalue weighted by Crippen LogP contribution is 2.25. The van der Waals surface area contributed by atoms with Gasteiger partial charge in [-0.15, -0.1) is 0 Å². The van der Waals surface area contributed by atoms with Gasteiger partial charge in [-0.3, -0.25) is 14.3 Å². The number of carbonyl (C=O) groups is 2. The van der Waals surface area contributed by atoms with Crippen LogP contribution in [0.2, 0.25) is 0 Å². The molecule has 0 saturated carbocycles. The standard InChI is InChI=1S/C11H16N4O2/c1-7-5-8(2)14(12-7)9-6-10(16)15(11(9)17)13(3)4/h5,9H,6H2,1-4H3. The van der Waals surface area contributed by atoms with Gasteiger partial charge in [-0.1, -0.05) is 0 Å². The van der Waals surface area contributed by atoms with Gasteiger partial charge in [0, 0.05) is 19.8 Å². The number of hydrogen-bond donors (Lipinski definition) is 0. The van der Waals surface area contributed by atoms with E-state index in [1.165, 1.54) is 10.0 Å². The number of rotatable bonds is 2. The second-order valence-corrected chi connectivity index (χ2v) is 4.48. The van der Waals surface area contributed by atoms with E-state index in [4.69, 9.17) is 0 Å². The number of hydrogen-bond acceptors (Lipinski definition) is 4. The predicted molar refractivity (Wildman–Crippen MR) is 60.9 cm³/mol. The molecule has 17 heavy (non-hydrogen) atoms. The fourth-order valence-corrected chi connectivity index (χ4v) is 2.18. The number of aromatic nitrogens is 2. The zero-order valence-corrected chi connectivity index (χ0v) is 10.5. The van der Waals surface area contributed by atoms with Crippen LogP contribution in [0.5, 0.6) is 0 Å². The maximum Gasteiger partial charge on any atom is 0.269 e. The Bertz CT molecular complexity index is 478. The predicted octanol–water partition coefficient (Wildman–Crippen LogP) is 0.277. The number of hydrazine groups is 1. The summed E-state index contributed by atoms with van der Waals surface area (Å²) in [6, 6.07) is 1.40. The van der Waals surface area contributed by atoms with E-state index >= 15 is 0 Å². The van der Waals surface area contributed by atoms with Crippen molar-refractivity contribution < 1.29 is 9.59 Å². The largest absolute Gasteiger partial charge is 0.273 e. The van der Waals surface area contributed by atoms with E-state index in [1.807, 2.05) is 19.9 Å². The molecule has 6 nitrogen and oxygen atoms in total. The summed E-state index contributed by atoms with van der Waals surface area (Å²) in [4.78, 5) is 23.9. The lowest BCUT2D eigenvalue weighted by Gasteiger charge is -2.21. The van der Waals surface area contributed by atoms with Gasteiger partial charge < -0.3 is 0 Å². The zero-order valence-electron chi connectivity index (χ0n) is 10.5. The van der Waals surface area contributed by atoms with Crippen LogP contribution >= 0.6 is 0 Å². The fourth-order valence-electron chi connectivity index (χ4n) is 2.18. The molecule has 1 aliphatic heterocycles. The molecule has 2 rings (SSSR count). The van der Waals surface area contributed by atoms with Gasteiger partial charge in [0.15, 0.2) is 0 Å². The quantitative estimate of drug-likeness (QED) is 0.692. The van der Waals surface area contributed by atoms with Crippen molar-refractivity contribution >= 4 is 11.8 Å². The average molecular weight is 236 g/mol. The lowest BCUT2D eigenvalue weighted by molar-refractivity contribution is -0.153. The Hall–Kier alpha value is -1.69. The molecule has 2 amide bonds. The van der Waals surface area contributed by atoms with Crippen LogP contribution in [0, 0.1) is 13.8 Å². The first kappa shape index (κ1) is 11.8. The fraction of sp³-hybridized carbons (Fsp3) is 0.545. The molecule has 92 valence electrons. The second-order valence-electron chi connectivity index (χ2n) is 4.48.